The summed E-state index contributed by atoms with van der Waals surface area (Å²) in [5.74, 6) is 1.28. The van der Waals surface area contributed by atoms with E-state index in [9.17, 15) is 35.5 Å². The fraction of sp³-hybridized carbons (Fsp3) is 0.400. The Morgan fingerprint density at radius 3 is 1.96 bits per heavy atom. The van der Waals surface area contributed by atoms with Crippen LogP contribution in [0.1, 0.15) is 65.5 Å². The van der Waals surface area contributed by atoms with Crippen LogP contribution >= 0.6 is 23.5 Å². The molecule has 49 heavy (non-hydrogen) atoms. The normalized spacial score (nSPS) is 17.8. The molecule has 0 bridgehead atoms. The van der Waals surface area contributed by atoms with Crippen LogP contribution in [0, 0.1) is 0 Å². The Labute approximate surface area is 297 Å². The molecule has 2 aliphatic heterocycles. The van der Waals surface area contributed by atoms with Crippen LogP contribution in [0.3, 0.4) is 0 Å². The van der Waals surface area contributed by atoms with Crippen LogP contribution in [0.25, 0.3) is 0 Å². The highest BCUT2D eigenvalue weighted by Crippen LogP contribution is 2.48. The van der Waals surface area contributed by atoms with E-state index in [2.05, 4.69) is 9.48 Å². The van der Waals surface area contributed by atoms with Crippen molar-refractivity contribution in [3.8, 4) is 0 Å². The molecule has 2 N–H and O–H groups in total. The average molecular weight is 748 g/mol. The molecule has 0 saturated carbocycles. The van der Waals surface area contributed by atoms with Crippen LogP contribution in [-0.4, -0.2) is 71.1 Å². The molecule has 0 saturated heterocycles. The number of rotatable bonds is 13. The third-order valence-corrected chi connectivity index (χ3v) is 12.2. The lowest BCUT2D eigenvalue weighted by Crippen LogP contribution is -2.28. The van der Waals surface area contributed by atoms with Gasteiger partial charge in [0.15, 0.2) is 15.9 Å². The highest BCUT2D eigenvalue weighted by atomic mass is 32.2. The van der Waals surface area contributed by atoms with E-state index in [0.29, 0.717) is 24.6 Å². The van der Waals surface area contributed by atoms with Gasteiger partial charge in [-0.3, -0.25) is 18.7 Å². The van der Waals surface area contributed by atoms with E-state index in [0.717, 1.165) is 46.8 Å². The molecule has 264 valence electrons. The summed E-state index contributed by atoms with van der Waals surface area (Å²) >= 11 is 2.52. The number of fused-ring (bicyclic) bond motifs is 2. The minimum atomic E-state index is -4.39. The number of anilines is 1. The second kappa shape index (κ2) is 15.1. The zero-order chi connectivity index (χ0) is 36.4. The standard InChI is InChI=1S/C35H42N2O8S4/c1-24(38)46-20-10-18-36-30-16-14-26(48(40,41)42)22-28(30)34(3,4)32(36)12-8-7-9-13-33-35(5,6)29-23-27(49(43,44)45)15-17-31(29)37(33)19-11-21-47-25(2)39/h7-9,12-17,22-23H,10-11,18-21H2,1-6H3,(H-,40,41,42,43,44,45)/p+1. The SMILES string of the molecule is CC(=O)SCCCN1/C(=C/C=C/C=C/C2=[N+](CCCSC(C)=O)c3ccc(S(=O)(=O)O)cc3C2(C)C)C(C)(C)c2cc(S(=O)(=O)O)ccc21. The highest BCUT2D eigenvalue weighted by Gasteiger charge is 2.45. The smallest absolute Gasteiger partial charge is 0.294 e. The lowest BCUT2D eigenvalue weighted by molar-refractivity contribution is -0.437. The van der Waals surface area contributed by atoms with E-state index >= 15 is 0 Å². The molecule has 0 unspecified atom stereocenters. The Morgan fingerprint density at radius 2 is 1.37 bits per heavy atom. The summed E-state index contributed by atoms with van der Waals surface area (Å²) in [6, 6.07) is 9.22. The van der Waals surface area contributed by atoms with Crippen LogP contribution in [0.5, 0.6) is 0 Å². The summed E-state index contributed by atoms with van der Waals surface area (Å²) in [4.78, 5) is 24.8. The van der Waals surface area contributed by atoms with Crippen molar-refractivity contribution in [3.63, 3.8) is 0 Å². The van der Waals surface area contributed by atoms with Gasteiger partial charge in [0.05, 0.1) is 15.2 Å². The van der Waals surface area contributed by atoms with Gasteiger partial charge in [-0.2, -0.15) is 21.4 Å². The van der Waals surface area contributed by atoms with Crippen LogP contribution < -0.4 is 4.90 Å². The Morgan fingerprint density at radius 1 is 0.796 bits per heavy atom. The van der Waals surface area contributed by atoms with E-state index in [4.69, 9.17) is 0 Å². The van der Waals surface area contributed by atoms with Crippen molar-refractivity contribution in [1.29, 1.82) is 0 Å². The maximum Gasteiger partial charge on any atom is 0.294 e. The lowest BCUT2D eigenvalue weighted by atomic mass is 9.81. The number of nitrogens with zero attached hydrogens (tertiary/aromatic N) is 2. The highest BCUT2D eigenvalue weighted by molar-refractivity contribution is 8.13. The number of allylic oxidation sites excluding steroid dienone is 6. The van der Waals surface area contributed by atoms with Crippen molar-refractivity contribution in [2.75, 3.05) is 29.5 Å². The minimum Gasteiger partial charge on any atom is -0.344 e. The summed E-state index contributed by atoms with van der Waals surface area (Å²) in [6.45, 7) is 12.3. The zero-order valence-corrected chi connectivity index (χ0v) is 31.7. The molecule has 2 aliphatic rings. The van der Waals surface area contributed by atoms with Gasteiger partial charge in [0.1, 0.15) is 6.54 Å². The summed E-state index contributed by atoms with van der Waals surface area (Å²) in [5, 5.41) is 0.0912. The average Bonchev–Trinajstić information content (AvgIpc) is 3.34. The minimum absolute atomic E-state index is 0.0456. The third-order valence-electron chi connectivity index (χ3n) is 8.72. The summed E-state index contributed by atoms with van der Waals surface area (Å²) in [6.07, 6.45) is 11.1. The Kier molecular flexibility index (Phi) is 11.9. The van der Waals surface area contributed by atoms with Gasteiger partial charge in [-0.15, -0.1) is 0 Å². The molecule has 0 fully saturated rings. The van der Waals surface area contributed by atoms with Gasteiger partial charge in [0.25, 0.3) is 20.2 Å². The Bertz CT molecular complexity index is 1990. The molecule has 0 aromatic heterocycles. The summed E-state index contributed by atoms with van der Waals surface area (Å²) in [5.41, 5.74) is 3.87. The van der Waals surface area contributed by atoms with E-state index in [-0.39, 0.29) is 20.0 Å². The molecule has 0 aliphatic carbocycles. The van der Waals surface area contributed by atoms with E-state index in [1.54, 1.807) is 12.1 Å². The summed E-state index contributed by atoms with van der Waals surface area (Å²) < 4.78 is 69.4. The van der Waals surface area contributed by atoms with Gasteiger partial charge in [-0.05, 0) is 62.2 Å². The largest absolute Gasteiger partial charge is 0.344 e. The van der Waals surface area contributed by atoms with E-state index < -0.39 is 31.1 Å². The van der Waals surface area contributed by atoms with Crippen LogP contribution in [0.2, 0.25) is 0 Å². The first-order valence-corrected chi connectivity index (χ1v) is 20.6. The maximum absolute atomic E-state index is 12.0. The van der Waals surface area contributed by atoms with Gasteiger partial charge < -0.3 is 4.90 Å². The number of carbonyl (C=O) groups excluding carboxylic acids is 2. The Balaban J connectivity index is 1.68. The fourth-order valence-corrected chi connectivity index (χ4v) is 8.48. The molecular formula is C35H43N2O8S4+. The van der Waals surface area contributed by atoms with Crippen LogP contribution in [0.15, 0.2) is 82.3 Å². The van der Waals surface area contributed by atoms with Gasteiger partial charge in [0, 0.05) is 72.8 Å². The maximum atomic E-state index is 12.0. The first-order valence-electron chi connectivity index (χ1n) is 15.7. The molecule has 2 aromatic carbocycles. The van der Waals surface area contributed by atoms with Gasteiger partial charge in [-0.25, -0.2) is 0 Å². The van der Waals surface area contributed by atoms with Gasteiger partial charge in [0.2, 0.25) is 5.69 Å². The number of benzene rings is 2. The number of hydrogen-bond donors (Lipinski definition) is 2. The van der Waals surface area contributed by atoms with Gasteiger partial charge >= 0.3 is 0 Å². The number of hydrogen-bond acceptors (Lipinski definition) is 9. The fourth-order valence-electron chi connectivity index (χ4n) is 6.35. The van der Waals surface area contributed by atoms with Crippen molar-refractivity contribution in [3.05, 3.63) is 83.6 Å². The van der Waals surface area contributed by atoms with E-state index in [1.165, 1.54) is 61.6 Å². The summed E-state index contributed by atoms with van der Waals surface area (Å²) in [7, 11) is -8.79. The molecule has 10 nitrogen and oxygen atoms in total. The third kappa shape index (κ3) is 8.84. The molecule has 0 spiro atoms. The molecule has 2 heterocycles. The molecule has 14 heteroatoms. The predicted molar refractivity (Wildman–Crippen MR) is 198 cm³/mol. The Hall–Kier alpha value is -3.01. The molecule has 0 radical (unpaired) electrons. The monoisotopic (exact) mass is 747 g/mol. The van der Waals surface area contributed by atoms with Crippen LogP contribution in [0.4, 0.5) is 11.4 Å². The quantitative estimate of drug-likeness (QED) is 0.0977. The van der Waals surface area contributed by atoms with Crippen molar-refractivity contribution in [1.82, 2.24) is 0 Å². The van der Waals surface area contributed by atoms with E-state index in [1.807, 2.05) is 58.1 Å². The topological polar surface area (TPSA) is 149 Å². The molecule has 0 atom stereocenters. The molecular weight excluding hydrogens is 705 g/mol. The van der Waals surface area contributed by atoms with Crippen molar-refractivity contribution < 1.29 is 40.1 Å². The zero-order valence-electron chi connectivity index (χ0n) is 28.5. The predicted octanol–water partition coefficient (Wildman–Crippen LogP) is 6.69. The van der Waals surface area contributed by atoms with Crippen LogP contribution in [-0.2, 0) is 40.7 Å². The van der Waals surface area contributed by atoms with Crippen molar-refractivity contribution >= 4 is 71.1 Å². The number of thioether (sulfide) groups is 2. The first-order chi connectivity index (χ1) is 22.8. The van der Waals surface area contributed by atoms with Gasteiger partial charge in [-0.1, -0.05) is 55.6 Å². The van der Waals surface area contributed by atoms with Crippen molar-refractivity contribution in [2.24, 2.45) is 0 Å². The molecule has 4 rings (SSSR count). The molecule has 0 amide bonds. The molecule has 2 aromatic rings. The lowest BCUT2D eigenvalue weighted by Gasteiger charge is -2.27. The van der Waals surface area contributed by atoms with Crippen molar-refractivity contribution in [2.45, 2.75) is 75.0 Å². The number of carbonyl (C=O) groups is 2. The first kappa shape index (κ1) is 38.8. The second-order valence-electron chi connectivity index (χ2n) is 12.9. The second-order valence-corrected chi connectivity index (χ2v) is 18.3.